The van der Waals surface area contributed by atoms with Crippen LogP contribution in [-0.2, 0) is 14.3 Å². The van der Waals surface area contributed by atoms with Gasteiger partial charge in [-0.25, -0.2) is 14.1 Å². The number of carbonyl (C=O) groups excluding carboxylic acids is 3. The molecule has 9 heteroatoms. The van der Waals surface area contributed by atoms with Gasteiger partial charge >= 0.3 is 6.09 Å². The number of nitrogens with zero attached hydrogens (tertiary/aromatic N) is 1. The standard InChI is InChI=1S/C21H25FN2O5S/c1-6-8-12-11-24(20(27)29-21(2,3)4)19(26)15(16(12)25)18(30)23-14-10-7-9-13(22)17(14)28-5/h6-7,9-10,12,15H,1,8,11H2,2-5H3,(H,23,30). The third-order valence-corrected chi connectivity index (χ3v) is 4.70. The van der Waals surface area contributed by atoms with Crippen LogP contribution in [0.25, 0.3) is 0 Å². The highest BCUT2D eigenvalue weighted by Crippen LogP contribution is 2.30. The summed E-state index contributed by atoms with van der Waals surface area (Å²) in [4.78, 5) is 39.3. The second-order valence-electron chi connectivity index (χ2n) is 7.80. The molecule has 1 aromatic carbocycles. The minimum atomic E-state index is -1.42. The molecule has 2 amide bonds. The molecule has 0 spiro atoms. The molecule has 0 bridgehead atoms. The SMILES string of the molecule is C=CCC1CN(C(=O)OC(C)(C)C)C(=O)C(C(=S)Nc2cccc(F)c2OC)C1=O. The maximum absolute atomic E-state index is 14.0. The van der Waals surface area contributed by atoms with E-state index in [1.165, 1.54) is 31.4 Å². The number of ether oxygens (including phenoxy) is 2. The van der Waals surface area contributed by atoms with E-state index in [0.29, 0.717) is 0 Å². The third-order valence-electron chi connectivity index (χ3n) is 4.36. The lowest BCUT2D eigenvalue weighted by atomic mass is 9.85. The van der Waals surface area contributed by atoms with E-state index in [2.05, 4.69) is 11.9 Å². The molecule has 1 aliphatic heterocycles. The molecular formula is C21H25FN2O5S. The number of carbonyl (C=O) groups is 3. The average Bonchev–Trinajstić information content (AvgIpc) is 2.63. The first-order valence-electron chi connectivity index (χ1n) is 9.32. The summed E-state index contributed by atoms with van der Waals surface area (Å²) in [5, 5.41) is 2.72. The molecule has 1 saturated heterocycles. The van der Waals surface area contributed by atoms with E-state index in [9.17, 15) is 18.8 Å². The second kappa shape index (κ2) is 9.34. The molecule has 7 nitrogen and oxygen atoms in total. The third kappa shape index (κ3) is 5.21. The second-order valence-corrected chi connectivity index (χ2v) is 8.24. The Morgan fingerprint density at radius 3 is 2.63 bits per heavy atom. The van der Waals surface area contributed by atoms with Crippen LogP contribution in [0, 0.1) is 17.7 Å². The lowest BCUT2D eigenvalue weighted by Crippen LogP contribution is -2.57. The quantitative estimate of drug-likeness (QED) is 0.428. The van der Waals surface area contributed by atoms with Crippen LogP contribution in [0.15, 0.2) is 30.9 Å². The van der Waals surface area contributed by atoms with E-state index in [1.54, 1.807) is 20.8 Å². The van der Waals surface area contributed by atoms with Crippen LogP contribution >= 0.6 is 12.2 Å². The lowest BCUT2D eigenvalue weighted by molar-refractivity contribution is -0.144. The van der Waals surface area contributed by atoms with Crippen molar-refractivity contribution in [2.24, 2.45) is 11.8 Å². The zero-order valence-electron chi connectivity index (χ0n) is 17.4. The Kier molecular flexibility index (Phi) is 7.30. The van der Waals surface area contributed by atoms with E-state index >= 15 is 0 Å². The molecule has 2 atom stereocenters. The van der Waals surface area contributed by atoms with Crippen LogP contribution in [0.5, 0.6) is 5.75 Å². The van der Waals surface area contributed by atoms with Gasteiger partial charge in [-0.05, 0) is 39.3 Å². The van der Waals surface area contributed by atoms with Crippen molar-refractivity contribution >= 4 is 40.7 Å². The normalized spacial score (nSPS) is 19.3. The minimum absolute atomic E-state index is 0.109. The highest BCUT2D eigenvalue weighted by Gasteiger charge is 2.46. The summed E-state index contributed by atoms with van der Waals surface area (Å²) >= 11 is 5.31. The molecule has 1 N–H and O–H groups in total. The summed E-state index contributed by atoms with van der Waals surface area (Å²) in [6.07, 6.45) is 0.938. The van der Waals surface area contributed by atoms with Crippen molar-refractivity contribution in [3.8, 4) is 5.75 Å². The molecule has 1 heterocycles. The molecule has 0 radical (unpaired) electrons. The molecule has 30 heavy (non-hydrogen) atoms. The number of nitrogens with one attached hydrogen (secondary N) is 1. The summed E-state index contributed by atoms with van der Waals surface area (Å²) in [6, 6.07) is 4.13. The molecule has 0 aliphatic carbocycles. The molecule has 2 unspecified atom stereocenters. The number of rotatable bonds is 5. The van der Waals surface area contributed by atoms with Crippen molar-refractivity contribution in [2.45, 2.75) is 32.8 Å². The van der Waals surface area contributed by atoms with Gasteiger partial charge in [0.1, 0.15) is 16.5 Å². The summed E-state index contributed by atoms with van der Waals surface area (Å²) in [6.45, 7) is 8.52. The Bertz CT molecular complexity index is 881. The number of likely N-dealkylation sites (tertiary alicyclic amines) is 1. The van der Waals surface area contributed by atoms with E-state index in [-0.39, 0.29) is 29.4 Å². The number of Topliss-reactive ketones (excluding diaryl/α,β-unsaturated/α-hetero) is 1. The number of thiocarbonyl (C=S) groups is 1. The maximum atomic E-state index is 14.0. The number of para-hydroxylation sites is 1. The summed E-state index contributed by atoms with van der Waals surface area (Å²) < 4.78 is 24.3. The fourth-order valence-corrected chi connectivity index (χ4v) is 3.37. The fraction of sp³-hybridized carbons (Fsp3) is 0.429. The molecular weight excluding hydrogens is 411 g/mol. The van der Waals surface area contributed by atoms with E-state index in [4.69, 9.17) is 21.7 Å². The number of ketones is 1. The molecule has 2 rings (SSSR count). The zero-order valence-corrected chi connectivity index (χ0v) is 18.2. The molecule has 162 valence electrons. The number of hydrogen-bond acceptors (Lipinski definition) is 6. The highest BCUT2D eigenvalue weighted by atomic mass is 32.1. The minimum Gasteiger partial charge on any atom is -0.492 e. The Hall–Kier alpha value is -2.81. The zero-order chi connectivity index (χ0) is 22.6. The number of methoxy groups -OCH3 is 1. The van der Waals surface area contributed by atoms with E-state index < -0.39 is 41.0 Å². The number of imide groups is 1. The largest absolute Gasteiger partial charge is 0.492 e. The van der Waals surface area contributed by atoms with Gasteiger partial charge in [-0.2, -0.15) is 0 Å². The maximum Gasteiger partial charge on any atom is 0.417 e. The molecule has 0 saturated carbocycles. The number of amides is 2. The first-order chi connectivity index (χ1) is 14.0. The summed E-state index contributed by atoms with van der Waals surface area (Å²) in [5.74, 6) is -4.06. The Labute approximate surface area is 180 Å². The van der Waals surface area contributed by atoms with Crippen LogP contribution < -0.4 is 10.1 Å². The van der Waals surface area contributed by atoms with Crippen molar-refractivity contribution in [1.82, 2.24) is 4.90 Å². The monoisotopic (exact) mass is 436 g/mol. The highest BCUT2D eigenvalue weighted by molar-refractivity contribution is 7.80. The van der Waals surface area contributed by atoms with Gasteiger partial charge in [0.05, 0.1) is 12.8 Å². The van der Waals surface area contributed by atoms with Crippen molar-refractivity contribution in [3.63, 3.8) is 0 Å². The first-order valence-corrected chi connectivity index (χ1v) is 9.73. The van der Waals surface area contributed by atoms with Crippen molar-refractivity contribution in [3.05, 3.63) is 36.7 Å². The van der Waals surface area contributed by atoms with Gasteiger partial charge in [0.25, 0.3) is 0 Å². The van der Waals surface area contributed by atoms with Crippen LogP contribution in [-0.4, -0.2) is 46.9 Å². The Morgan fingerprint density at radius 2 is 2.07 bits per heavy atom. The number of anilines is 1. The first kappa shape index (κ1) is 23.5. The Morgan fingerprint density at radius 1 is 1.40 bits per heavy atom. The lowest BCUT2D eigenvalue weighted by Gasteiger charge is -2.35. The molecule has 1 aliphatic rings. The van der Waals surface area contributed by atoms with E-state index in [1.807, 2.05) is 0 Å². The summed E-state index contributed by atoms with van der Waals surface area (Å²) in [5.41, 5.74) is -0.659. The smallest absolute Gasteiger partial charge is 0.417 e. The number of piperidine rings is 1. The van der Waals surface area contributed by atoms with Crippen LogP contribution in [0.1, 0.15) is 27.2 Å². The number of allylic oxidation sites excluding steroid dienone is 1. The van der Waals surface area contributed by atoms with Crippen LogP contribution in [0.4, 0.5) is 14.9 Å². The Balaban J connectivity index is 2.35. The van der Waals surface area contributed by atoms with Gasteiger partial charge in [-0.15, -0.1) is 6.58 Å². The topological polar surface area (TPSA) is 84.9 Å². The van der Waals surface area contributed by atoms with Gasteiger partial charge in [0.15, 0.2) is 17.3 Å². The molecule has 1 fully saturated rings. The average molecular weight is 437 g/mol. The van der Waals surface area contributed by atoms with Crippen LogP contribution in [0.2, 0.25) is 0 Å². The van der Waals surface area contributed by atoms with Gasteiger partial charge in [0, 0.05) is 12.5 Å². The number of halogens is 1. The van der Waals surface area contributed by atoms with Gasteiger partial charge in [-0.3, -0.25) is 9.59 Å². The van der Waals surface area contributed by atoms with Gasteiger partial charge in [0.2, 0.25) is 5.91 Å². The van der Waals surface area contributed by atoms with Crippen molar-refractivity contribution in [1.29, 1.82) is 0 Å². The van der Waals surface area contributed by atoms with Crippen molar-refractivity contribution in [2.75, 3.05) is 19.0 Å². The van der Waals surface area contributed by atoms with Crippen molar-refractivity contribution < 1.29 is 28.2 Å². The van der Waals surface area contributed by atoms with Gasteiger partial charge in [-0.1, -0.05) is 24.4 Å². The van der Waals surface area contributed by atoms with Gasteiger partial charge < -0.3 is 14.8 Å². The fourth-order valence-electron chi connectivity index (χ4n) is 3.05. The molecule has 0 aromatic heterocycles. The summed E-state index contributed by atoms with van der Waals surface area (Å²) in [7, 11) is 1.29. The predicted molar refractivity (Wildman–Crippen MR) is 114 cm³/mol. The molecule has 1 aromatic rings. The number of benzene rings is 1. The number of hydrogen-bond donors (Lipinski definition) is 1. The van der Waals surface area contributed by atoms with Crippen LogP contribution in [0.3, 0.4) is 0 Å². The predicted octanol–water partition coefficient (Wildman–Crippen LogP) is 3.73. The van der Waals surface area contributed by atoms with E-state index in [0.717, 1.165) is 4.90 Å².